The first-order valence-electron chi connectivity index (χ1n) is 9.92. The SMILES string of the molecule is CC(=O)/C=C/c1cc(-c2nccnc2OCc2ccccc2)c2c(c1)C(C)(C)CO2. The van der Waals surface area contributed by atoms with E-state index in [-0.39, 0.29) is 11.2 Å². The van der Waals surface area contributed by atoms with Crippen LogP contribution in [0.5, 0.6) is 11.6 Å². The van der Waals surface area contributed by atoms with Gasteiger partial charge >= 0.3 is 0 Å². The number of nitrogens with zero attached hydrogens (tertiary/aromatic N) is 2. The molecule has 2 heterocycles. The van der Waals surface area contributed by atoms with Crippen LogP contribution in [0.25, 0.3) is 17.3 Å². The Hall–Kier alpha value is -3.47. The van der Waals surface area contributed by atoms with Crippen LogP contribution in [0.1, 0.15) is 37.5 Å². The van der Waals surface area contributed by atoms with Crippen molar-refractivity contribution >= 4 is 11.9 Å². The number of benzene rings is 2. The van der Waals surface area contributed by atoms with Crippen LogP contribution in [0.2, 0.25) is 0 Å². The van der Waals surface area contributed by atoms with Gasteiger partial charge in [0.2, 0.25) is 5.88 Å². The Bertz CT molecular complexity index is 1100. The average Bonchev–Trinajstić information content (AvgIpc) is 3.06. The van der Waals surface area contributed by atoms with Gasteiger partial charge in [0.1, 0.15) is 18.1 Å². The molecule has 3 aromatic rings. The molecule has 0 saturated heterocycles. The summed E-state index contributed by atoms with van der Waals surface area (Å²) in [5.41, 5.74) is 4.35. The molecule has 0 spiro atoms. The lowest BCUT2D eigenvalue weighted by atomic mass is 9.84. The summed E-state index contributed by atoms with van der Waals surface area (Å²) in [6, 6.07) is 14.0. The quantitative estimate of drug-likeness (QED) is 0.545. The molecule has 0 aliphatic carbocycles. The molecule has 0 atom stereocenters. The Morgan fingerprint density at radius 3 is 2.70 bits per heavy atom. The van der Waals surface area contributed by atoms with Crippen LogP contribution in [0.3, 0.4) is 0 Å². The van der Waals surface area contributed by atoms with Gasteiger partial charge in [-0.2, -0.15) is 0 Å². The predicted octanol–water partition coefficient (Wildman–Crippen LogP) is 4.99. The van der Waals surface area contributed by atoms with E-state index in [1.807, 2.05) is 42.5 Å². The van der Waals surface area contributed by atoms with Crippen molar-refractivity contribution in [2.24, 2.45) is 0 Å². The molecule has 0 amide bonds. The lowest BCUT2D eigenvalue weighted by Gasteiger charge is -2.17. The number of aromatic nitrogens is 2. The molecule has 5 heteroatoms. The van der Waals surface area contributed by atoms with E-state index in [9.17, 15) is 4.79 Å². The highest BCUT2D eigenvalue weighted by molar-refractivity contribution is 5.92. The minimum absolute atomic E-state index is 0.000977. The highest BCUT2D eigenvalue weighted by atomic mass is 16.5. The molecule has 4 rings (SSSR count). The summed E-state index contributed by atoms with van der Waals surface area (Å²) in [5, 5.41) is 0. The molecule has 30 heavy (non-hydrogen) atoms. The Labute approximate surface area is 176 Å². The van der Waals surface area contributed by atoms with Crippen molar-refractivity contribution in [2.75, 3.05) is 6.61 Å². The van der Waals surface area contributed by atoms with Crippen LogP contribution < -0.4 is 9.47 Å². The third kappa shape index (κ3) is 4.10. The summed E-state index contributed by atoms with van der Waals surface area (Å²) in [6.07, 6.45) is 6.66. The lowest BCUT2D eigenvalue weighted by Crippen LogP contribution is -2.18. The maximum atomic E-state index is 11.5. The van der Waals surface area contributed by atoms with Crippen molar-refractivity contribution in [1.29, 1.82) is 0 Å². The number of hydrogen-bond acceptors (Lipinski definition) is 5. The second kappa shape index (κ2) is 8.11. The number of hydrogen-bond donors (Lipinski definition) is 0. The first-order chi connectivity index (χ1) is 14.4. The molecule has 1 aromatic heterocycles. The monoisotopic (exact) mass is 400 g/mol. The number of rotatable bonds is 6. The molecule has 152 valence electrons. The molecule has 2 aromatic carbocycles. The molecule has 0 fully saturated rings. The van der Waals surface area contributed by atoms with Crippen LogP contribution in [-0.2, 0) is 16.8 Å². The fraction of sp³-hybridized carbons (Fsp3) is 0.240. The molecule has 0 saturated carbocycles. The molecule has 0 unspecified atom stereocenters. The first-order valence-corrected chi connectivity index (χ1v) is 9.92. The van der Waals surface area contributed by atoms with Gasteiger partial charge in [0.15, 0.2) is 5.78 Å². The Morgan fingerprint density at radius 2 is 1.93 bits per heavy atom. The van der Waals surface area contributed by atoms with Crippen molar-refractivity contribution in [2.45, 2.75) is 32.8 Å². The Balaban J connectivity index is 1.78. The van der Waals surface area contributed by atoms with E-state index in [1.165, 1.54) is 6.92 Å². The Morgan fingerprint density at radius 1 is 1.17 bits per heavy atom. The van der Waals surface area contributed by atoms with Crippen molar-refractivity contribution in [3.8, 4) is 22.9 Å². The van der Waals surface area contributed by atoms with Gasteiger partial charge in [-0.1, -0.05) is 50.3 Å². The zero-order valence-electron chi connectivity index (χ0n) is 17.4. The Kier molecular flexibility index (Phi) is 5.36. The van der Waals surface area contributed by atoms with Crippen molar-refractivity contribution < 1.29 is 14.3 Å². The molecule has 1 aliphatic rings. The average molecular weight is 400 g/mol. The topological polar surface area (TPSA) is 61.3 Å². The summed E-state index contributed by atoms with van der Waals surface area (Å²) in [7, 11) is 0. The molecular formula is C25H24N2O3. The van der Waals surface area contributed by atoms with E-state index in [1.54, 1.807) is 18.5 Å². The highest BCUT2D eigenvalue weighted by Crippen LogP contribution is 2.46. The smallest absolute Gasteiger partial charge is 0.241 e. The van der Waals surface area contributed by atoms with Gasteiger partial charge in [0, 0.05) is 28.9 Å². The standard InChI is InChI=1S/C25H24N2O3/c1-17(28)9-10-19-13-20(23-21(14-19)25(2,3)16-30-23)22-24(27-12-11-26-22)29-15-18-7-5-4-6-8-18/h4-14H,15-16H2,1-3H3/b10-9+. The van der Waals surface area contributed by atoms with E-state index in [2.05, 4.69) is 29.9 Å². The van der Waals surface area contributed by atoms with E-state index in [0.717, 1.165) is 28.0 Å². The van der Waals surface area contributed by atoms with Gasteiger partial charge in [-0.3, -0.25) is 4.79 Å². The van der Waals surface area contributed by atoms with Crippen molar-refractivity contribution in [3.05, 3.63) is 77.6 Å². The summed E-state index contributed by atoms with van der Waals surface area (Å²) in [5.74, 6) is 1.24. The van der Waals surface area contributed by atoms with Gasteiger partial charge in [-0.05, 0) is 36.3 Å². The normalized spacial score (nSPS) is 14.4. The summed E-state index contributed by atoms with van der Waals surface area (Å²) in [6.45, 7) is 6.80. The number of ether oxygens (including phenoxy) is 2. The summed E-state index contributed by atoms with van der Waals surface area (Å²) in [4.78, 5) is 20.4. The van der Waals surface area contributed by atoms with Gasteiger partial charge in [-0.25, -0.2) is 9.97 Å². The summed E-state index contributed by atoms with van der Waals surface area (Å²) >= 11 is 0. The molecule has 0 N–H and O–H groups in total. The highest BCUT2D eigenvalue weighted by Gasteiger charge is 2.35. The number of ketones is 1. The fourth-order valence-corrected chi connectivity index (χ4v) is 3.47. The van der Waals surface area contributed by atoms with E-state index in [0.29, 0.717) is 24.8 Å². The maximum absolute atomic E-state index is 11.5. The number of carbonyl (C=O) groups excluding carboxylic acids is 1. The molecule has 0 bridgehead atoms. The number of carbonyl (C=O) groups is 1. The largest absolute Gasteiger partial charge is 0.492 e. The molecule has 1 aliphatic heterocycles. The van der Waals surface area contributed by atoms with Crippen LogP contribution in [0, 0.1) is 0 Å². The number of fused-ring (bicyclic) bond motifs is 1. The third-order valence-electron chi connectivity index (χ3n) is 5.07. The van der Waals surface area contributed by atoms with Crippen molar-refractivity contribution in [1.82, 2.24) is 9.97 Å². The van der Waals surface area contributed by atoms with Gasteiger partial charge in [-0.15, -0.1) is 0 Å². The second-order valence-electron chi connectivity index (χ2n) is 8.05. The first kappa shape index (κ1) is 19.8. The maximum Gasteiger partial charge on any atom is 0.241 e. The second-order valence-corrected chi connectivity index (χ2v) is 8.05. The van der Waals surface area contributed by atoms with Crippen LogP contribution in [0.4, 0.5) is 0 Å². The summed E-state index contributed by atoms with van der Waals surface area (Å²) < 4.78 is 12.1. The van der Waals surface area contributed by atoms with Gasteiger partial charge in [0.05, 0.1) is 6.61 Å². The van der Waals surface area contributed by atoms with E-state index >= 15 is 0 Å². The van der Waals surface area contributed by atoms with Gasteiger partial charge in [0.25, 0.3) is 0 Å². The minimum atomic E-state index is -0.141. The molecule has 5 nitrogen and oxygen atoms in total. The lowest BCUT2D eigenvalue weighted by molar-refractivity contribution is -0.112. The zero-order valence-corrected chi connectivity index (χ0v) is 17.4. The predicted molar refractivity (Wildman–Crippen MR) is 116 cm³/mol. The van der Waals surface area contributed by atoms with Crippen LogP contribution in [0.15, 0.2) is 60.9 Å². The van der Waals surface area contributed by atoms with E-state index in [4.69, 9.17) is 9.47 Å². The fourth-order valence-electron chi connectivity index (χ4n) is 3.47. The van der Waals surface area contributed by atoms with Crippen LogP contribution >= 0.6 is 0 Å². The third-order valence-corrected chi connectivity index (χ3v) is 5.07. The number of allylic oxidation sites excluding steroid dienone is 1. The molecule has 0 radical (unpaired) electrons. The zero-order chi connectivity index (χ0) is 21.1. The van der Waals surface area contributed by atoms with E-state index < -0.39 is 0 Å². The minimum Gasteiger partial charge on any atom is -0.492 e. The van der Waals surface area contributed by atoms with Gasteiger partial charge < -0.3 is 9.47 Å². The molecular weight excluding hydrogens is 376 g/mol. The van der Waals surface area contributed by atoms with Crippen molar-refractivity contribution in [3.63, 3.8) is 0 Å². The van der Waals surface area contributed by atoms with Crippen LogP contribution in [-0.4, -0.2) is 22.4 Å².